The fourth-order valence-electron chi connectivity index (χ4n) is 3.60. The molecule has 5 rings (SSSR count). The predicted octanol–water partition coefficient (Wildman–Crippen LogP) is 5.54. The Labute approximate surface area is 196 Å². The Morgan fingerprint density at radius 2 is 1.49 bits per heavy atom. The molecule has 2 aromatic heterocycles. The average Bonchev–Trinajstić information content (AvgIpc) is 3.19. The lowest BCUT2D eigenvalue weighted by molar-refractivity contribution is 0.572. The van der Waals surface area contributed by atoms with Gasteiger partial charge in [-0.25, -0.2) is 23.1 Å². The van der Waals surface area contributed by atoms with Crippen molar-refractivity contribution < 1.29 is 13.2 Å². The summed E-state index contributed by atoms with van der Waals surface area (Å²) in [6, 6.07) is 16.7. The monoisotopic (exact) mass is 474 g/mol. The number of benzene rings is 3. The van der Waals surface area contributed by atoms with Gasteiger partial charge in [0.2, 0.25) is 0 Å². The lowest BCUT2D eigenvalue weighted by Gasteiger charge is -2.06. The number of nitrogen functional groups attached to an aromatic ring is 2. The van der Waals surface area contributed by atoms with E-state index in [1.807, 2.05) is 6.07 Å². The van der Waals surface area contributed by atoms with Gasteiger partial charge in [0.1, 0.15) is 22.8 Å². The van der Waals surface area contributed by atoms with Crippen LogP contribution in [0.15, 0.2) is 77.0 Å². The smallest absolute Gasteiger partial charge is 0.184 e. The molecule has 0 bridgehead atoms. The van der Waals surface area contributed by atoms with Gasteiger partial charge in [0.05, 0.1) is 12.2 Å². The Morgan fingerprint density at radius 3 is 2.20 bits per heavy atom. The van der Waals surface area contributed by atoms with Crippen LogP contribution in [0.2, 0.25) is 0 Å². The van der Waals surface area contributed by atoms with E-state index in [1.54, 1.807) is 36.4 Å². The number of fused-ring (bicyclic) bond motifs is 1. The quantitative estimate of drug-likeness (QED) is 0.324. The first kappa shape index (κ1) is 22.0. The van der Waals surface area contributed by atoms with E-state index in [2.05, 4.69) is 25.3 Å². The van der Waals surface area contributed by atoms with Gasteiger partial charge >= 0.3 is 0 Å². The van der Waals surface area contributed by atoms with Crippen LogP contribution < -0.4 is 11.5 Å². The highest BCUT2D eigenvalue weighted by Crippen LogP contribution is 2.34. The van der Waals surface area contributed by atoms with Gasteiger partial charge in [-0.05, 0) is 24.3 Å². The minimum absolute atomic E-state index is 0.0275. The number of hydrogen-bond donors (Lipinski definition) is 2. The Balaban J connectivity index is 1.62. The normalized spacial score (nSPS) is 11.5. The molecule has 8 nitrogen and oxygen atoms in total. The summed E-state index contributed by atoms with van der Waals surface area (Å²) in [5.41, 5.74) is 13.0. The zero-order chi connectivity index (χ0) is 24.5. The number of hydrogen-bond acceptors (Lipinski definition) is 7. The molecule has 0 aliphatic carbocycles. The second-order valence-electron chi connectivity index (χ2n) is 7.58. The van der Waals surface area contributed by atoms with Crippen LogP contribution in [0.3, 0.4) is 0 Å². The predicted molar refractivity (Wildman–Crippen MR) is 126 cm³/mol. The van der Waals surface area contributed by atoms with E-state index in [4.69, 9.17) is 11.5 Å². The minimum Gasteiger partial charge on any atom is -0.382 e. The first-order chi connectivity index (χ1) is 16.9. The molecule has 174 valence electrons. The maximum absolute atomic E-state index is 14.8. The van der Waals surface area contributed by atoms with E-state index in [0.29, 0.717) is 5.69 Å². The van der Waals surface area contributed by atoms with E-state index in [1.165, 1.54) is 16.8 Å². The number of aromatic nitrogens is 4. The maximum Gasteiger partial charge on any atom is 0.184 e. The summed E-state index contributed by atoms with van der Waals surface area (Å²) < 4.78 is 44.4. The highest BCUT2D eigenvalue weighted by Gasteiger charge is 2.22. The third-order valence-corrected chi connectivity index (χ3v) is 5.21. The molecule has 3 aromatic carbocycles. The van der Waals surface area contributed by atoms with Gasteiger partial charge in [-0.1, -0.05) is 36.4 Å². The second-order valence-corrected chi connectivity index (χ2v) is 7.58. The molecule has 0 spiro atoms. The van der Waals surface area contributed by atoms with Gasteiger partial charge in [0.15, 0.2) is 29.0 Å². The van der Waals surface area contributed by atoms with Crippen LogP contribution in [0.4, 0.5) is 36.2 Å². The van der Waals surface area contributed by atoms with Crippen LogP contribution in [-0.2, 0) is 6.54 Å². The Hall–Kier alpha value is -4.80. The van der Waals surface area contributed by atoms with Crippen LogP contribution in [0.25, 0.3) is 22.4 Å². The van der Waals surface area contributed by atoms with Crippen LogP contribution in [0.1, 0.15) is 5.56 Å². The van der Waals surface area contributed by atoms with Crippen molar-refractivity contribution in [2.24, 2.45) is 10.2 Å². The van der Waals surface area contributed by atoms with Gasteiger partial charge in [-0.15, -0.1) is 5.11 Å². The van der Waals surface area contributed by atoms with Gasteiger partial charge in [0.25, 0.3) is 0 Å². The molecule has 2 heterocycles. The topological polar surface area (TPSA) is 120 Å². The molecule has 0 unspecified atom stereocenters. The fraction of sp³-hybridized carbons (Fsp3) is 0.0417. The number of azo groups is 1. The van der Waals surface area contributed by atoms with E-state index < -0.39 is 17.5 Å². The summed E-state index contributed by atoms with van der Waals surface area (Å²) in [5, 5.41) is 12.5. The number of rotatable bonds is 5. The standard InChI is InChI=1S/C24H17F3N8/c25-14-10-16-19(34-35(21(16)18(27)11-14)12-13-6-4-5-9-17(13)26)24-30-22(28)20(23(29)31-24)33-32-15-7-2-1-3-8-15/h1-11H,12H2,(H4,28,29,30,31)/b33-32+. The van der Waals surface area contributed by atoms with Crippen molar-refractivity contribution >= 4 is 33.9 Å². The zero-order valence-corrected chi connectivity index (χ0v) is 18.0. The Kier molecular flexibility index (Phi) is 5.57. The third kappa shape index (κ3) is 4.26. The van der Waals surface area contributed by atoms with Crippen molar-refractivity contribution in [3.63, 3.8) is 0 Å². The van der Waals surface area contributed by atoms with Crippen molar-refractivity contribution in [3.8, 4) is 11.5 Å². The molecule has 0 aliphatic rings. The third-order valence-electron chi connectivity index (χ3n) is 5.21. The summed E-state index contributed by atoms with van der Waals surface area (Å²) >= 11 is 0. The largest absolute Gasteiger partial charge is 0.382 e. The summed E-state index contributed by atoms with van der Waals surface area (Å²) in [7, 11) is 0. The summed E-state index contributed by atoms with van der Waals surface area (Å²) in [4.78, 5) is 8.40. The van der Waals surface area contributed by atoms with E-state index in [-0.39, 0.29) is 51.9 Å². The lowest BCUT2D eigenvalue weighted by atomic mass is 10.1. The molecule has 5 aromatic rings. The molecule has 0 saturated heterocycles. The lowest BCUT2D eigenvalue weighted by Crippen LogP contribution is -2.05. The van der Waals surface area contributed by atoms with E-state index in [0.717, 1.165) is 12.1 Å². The van der Waals surface area contributed by atoms with Crippen LogP contribution in [-0.4, -0.2) is 19.7 Å². The Bertz CT molecular complexity index is 1560. The van der Waals surface area contributed by atoms with Gasteiger partial charge in [-0.3, -0.25) is 4.68 Å². The highest BCUT2D eigenvalue weighted by atomic mass is 19.1. The molecule has 0 radical (unpaired) electrons. The summed E-state index contributed by atoms with van der Waals surface area (Å²) in [6.45, 7) is -0.111. The van der Waals surface area contributed by atoms with Gasteiger partial charge < -0.3 is 11.5 Å². The molecule has 11 heteroatoms. The highest BCUT2D eigenvalue weighted by molar-refractivity contribution is 5.93. The number of nitrogens with two attached hydrogens (primary N) is 2. The first-order valence-electron chi connectivity index (χ1n) is 10.4. The maximum atomic E-state index is 14.8. The fourth-order valence-corrected chi connectivity index (χ4v) is 3.60. The molecule has 0 atom stereocenters. The second kappa shape index (κ2) is 8.86. The van der Waals surface area contributed by atoms with Gasteiger partial charge in [-0.2, -0.15) is 10.2 Å². The first-order valence-corrected chi connectivity index (χ1v) is 10.4. The van der Waals surface area contributed by atoms with Gasteiger partial charge in [0, 0.05) is 17.0 Å². The van der Waals surface area contributed by atoms with Crippen LogP contribution >= 0.6 is 0 Å². The molecule has 35 heavy (non-hydrogen) atoms. The number of anilines is 2. The Morgan fingerprint density at radius 1 is 0.800 bits per heavy atom. The molecule has 4 N–H and O–H groups in total. The number of nitrogens with zero attached hydrogens (tertiary/aromatic N) is 6. The zero-order valence-electron chi connectivity index (χ0n) is 18.0. The average molecular weight is 474 g/mol. The molecule has 0 fully saturated rings. The van der Waals surface area contributed by atoms with E-state index in [9.17, 15) is 13.2 Å². The molecule has 0 aliphatic heterocycles. The van der Waals surface area contributed by atoms with Crippen molar-refractivity contribution in [2.45, 2.75) is 6.54 Å². The van der Waals surface area contributed by atoms with Crippen molar-refractivity contribution in [1.82, 2.24) is 19.7 Å². The molecule has 0 amide bonds. The summed E-state index contributed by atoms with van der Waals surface area (Å²) in [6.07, 6.45) is 0. The van der Waals surface area contributed by atoms with Crippen molar-refractivity contribution in [3.05, 3.63) is 89.7 Å². The van der Waals surface area contributed by atoms with Crippen LogP contribution in [0, 0.1) is 17.5 Å². The van der Waals surface area contributed by atoms with Crippen LogP contribution in [0.5, 0.6) is 0 Å². The number of halogens is 3. The van der Waals surface area contributed by atoms with Crippen molar-refractivity contribution in [2.75, 3.05) is 11.5 Å². The summed E-state index contributed by atoms with van der Waals surface area (Å²) in [5.74, 6) is -2.44. The molecular formula is C24H17F3N8. The van der Waals surface area contributed by atoms with E-state index >= 15 is 0 Å². The SMILES string of the molecule is Nc1nc(-c2nn(Cc3ccccc3F)c3c(F)cc(F)cc23)nc(N)c1/N=N/c1ccccc1. The minimum atomic E-state index is -0.871. The van der Waals surface area contributed by atoms with Crippen molar-refractivity contribution in [1.29, 1.82) is 0 Å². The molecular weight excluding hydrogens is 457 g/mol. The molecule has 0 saturated carbocycles.